The van der Waals surface area contributed by atoms with Crippen molar-refractivity contribution in [1.82, 2.24) is 0 Å². The van der Waals surface area contributed by atoms with Gasteiger partial charge >= 0.3 is 0 Å². The van der Waals surface area contributed by atoms with Crippen LogP contribution in [0.3, 0.4) is 0 Å². The summed E-state index contributed by atoms with van der Waals surface area (Å²) in [5.74, 6) is -0.429. The summed E-state index contributed by atoms with van der Waals surface area (Å²) in [4.78, 5) is 0. The predicted octanol–water partition coefficient (Wildman–Crippen LogP) is 3.11. The van der Waals surface area contributed by atoms with Crippen LogP contribution in [-0.4, -0.2) is 5.11 Å². The van der Waals surface area contributed by atoms with Crippen LogP contribution in [-0.2, 0) is 6.61 Å². The Labute approximate surface area is 92.9 Å². The lowest BCUT2D eigenvalue weighted by Gasteiger charge is -2.07. The van der Waals surface area contributed by atoms with Crippen molar-refractivity contribution in [1.29, 1.82) is 0 Å². The molecule has 0 atom stereocenters. The fraction of sp³-hybridized carbons (Fsp3) is 0.0769. The zero-order chi connectivity index (χ0) is 11.4. The lowest BCUT2D eigenvalue weighted by Crippen LogP contribution is -1.96. The summed E-state index contributed by atoms with van der Waals surface area (Å²) in [6.07, 6.45) is 0. The molecule has 1 N–H and O–H groups in total. The molecule has 0 aliphatic heterocycles. The summed E-state index contributed by atoms with van der Waals surface area (Å²) in [6.45, 7) is 0.279. The molecule has 2 rings (SSSR count). The number of benzene rings is 2. The van der Waals surface area contributed by atoms with Crippen LogP contribution in [0.4, 0.5) is 4.39 Å². The van der Waals surface area contributed by atoms with Gasteiger partial charge < -0.3 is 9.84 Å². The van der Waals surface area contributed by atoms with Gasteiger partial charge in [0.05, 0.1) is 0 Å². The van der Waals surface area contributed by atoms with E-state index >= 15 is 0 Å². The first kappa shape index (κ1) is 10.5. The summed E-state index contributed by atoms with van der Waals surface area (Å²) in [6, 6.07) is 13.2. The van der Waals surface area contributed by atoms with Crippen molar-refractivity contribution in [3.63, 3.8) is 0 Å². The first-order chi connectivity index (χ1) is 7.75. The van der Waals surface area contributed by atoms with Crippen molar-refractivity contribution < 1.29 is 14.2 Å². The molecule has 0 heterocycles. The van der Waals surface area contributed by atoms with Crippen LogP contribution in [0.25, 0.3) is 0 Å². The van der Waals surface area contributed by atoms with Crippen molar-refractivity contribution in [2.24, 2.45) is 0 Å². The second-order valence-electron chi connectivity index (χ2n) is 3.39. The van der Waals surface area contributed by atoms with Crippen molar-refractivity contribution in [3.05, 3.63) is 59.9 Å². The quantitative estimate of drug-likeness (QED) is 0.857. The Morgan fingerprint density at radius 1 is 1.06 bits per heavy atom. The molecule has 82 valence electrons. The molecule has 0 radical (unpaired) electrons. The maximum absolute atomic E-state index is 13.2. The van der Waals surface area contributed by atoms with Crippen molar-refractivity contribution >= 4 is 0 Å². The van der Waals surface area contributed by atoms with Gasteiger partial charge in [-0.25, -0.2) is 4.39 Å². The summed E-state index contributed by atoms with van der Waals surface area (Å²) >= 11 is 0. The summed E-state index contributed by atoms with van der Waals surface area (Å²) < 4.78 is 18.5. The minimum absolute atomic E-state index is 0.00976. The van der Waals surface area contributed by atoms with Crippen LogP contribution in [0.5, 0.6) is 11.5 Å². The van der Waals surface area contributed by atoms with Gasteiger partial charge in [-0.3, -0.25) is 0 Å². The highest BCUT2D eigenvalue weighted by Gasteiger charge is 2.04. The SMILES string of the molecule is Oc1ccc(F)c(OCc2ccccc2)c1. The standard InChI is InChI=1S/C13H11FO2/c14-12-7-6-11(15)8-13(12)16-9-10-4-2-1-3-5-10/h1-8,15H,9H2. The molecule has 16 heavy (non-hydrogen) atoms. The highest BCUT2D eigenvalue weighted by atomic mass is 19.1. The van der Waals surface area contributed by atoms with E-state index in [0.29, 0.717) is 0 Å². The Morgan fingerprint density at radius 3 is 2.56 bits per heavy atom. The topological polar surface area (TPSA) is 29.5 Å². The highest BCUT2D eigenvalue weighted by Crippen LogP contribution is 2.23. The summed E-state index contributed by atoms with van der Waals surface area (Å²) in [7, 11) is 0. The Kier molecular flexibility index (Phi) is 3.05. The Morgan fingerprint density at radius 2 is 1.81 bits per heavy atom. The number of ether oxygens (including phenoxy) is 1. The molecule has 2 aromatic carbocycles. The molecule has 0 spiro atoms. The number of halogens is 1. The van der Waals surface area contributed by atoms with E-state index < -0.39 is 5.82 Å². The van der Waals surface area contributed by atoms with Crippen LogP contribution in [0.1, 0.15) is 5.56 Å². The molecule has 0 unspecified atom stereocenters. The van der Waals surface area contributed by atoms with Crippen molar-refractivity contribution in [2.45, 2.75) is 6.61 Å². The Balaban J connectivity index is 2.08. The zero-order valence-corrected chi connectivity index (χ0v) is 8.56. The molecule has 0 saturated heterocycles. The van der Waals surface area contributed by atoms with Gasteiger partial charge in [0.15, 0.2) is 11.6 Å². The third kappa shape index (κ3) is 2.51. The van der Waals surface area contributed by atoms with Crippen molar-refractivity contribution in [2.75, 3.05) is 0 Å². The van der Waals surface area contributed by atoms with Gasteiger partial charge in [0.1, 0.15) is 12.4 Å². The van der Waals surface area contributed by atoms with Gasteiger partial charge in [0, 0.05) is 6.07 Å². The molecule has 0 aliphatic carbocycles. The van der Waals surface area contributed by atoms with Crippen molar-refractivity contribution in [3.8, 4) is 11.5 Å². The molecule has 0 aromatic heterocycles. The molecule has 0 amide bonds. The third-order valence-electron chi connectivity index (χ3n) is 2.15. The minimum atomic E-state index is -0.478. The molecule has 0 fully saturated rings. The second-order valence-corrected chi connectivity index (χ2v) is 3.39. The van der Waals surface area contributed by atoms with E-state index in [4.69, 9.17) is 4.74 Å². The highest BCUT2D eigenvalue weighted by molar-refractivity contribution is 5.33. The molecule has 0 bridgehead atoms. The smallest absolute Gasteiger partial charge is 0.165 e. The number of rotatable bonds is 3. The van der Waals surface area contributed by atoms with Crippen LogP contribution in [0.2, 0.25) is 0 Å². The van der Waals surface area contributed by atoms with Gasteiger partial charge in [-0.05, 0) is 17.7 Å². The third-order valence-corrected chi connectivity index (χ3v) is 2.15. The van der Waals surface area contributed by atoms with Gasteiger partial charge in [-0.15, -0.1) is 0 Å². The number of hydrogen-bond donors (Lipinski definition) is 1. The number of hydrogen-bond acceptors (Lipinski definition) is 2. The first-order valence-electron chi connectivity index (χ1n) is 4.91. The van der Waals surface area contributed by atoms with E-state index in [9.17, 15) is 9.50 Å². The van der Waals surface area contributed by atoms with Gasteiger partial charge in [-0.1, -0.05) is 30.3 Å². The largest absolute Gasteiger partial charge is 0.508 e. The Bertz CT molecular complexity index is 469. The van der Waals surface area contributed by atoms with Crippen LogP contribution < -0.4 is 4.74 Å². The van der Waals surface area contributed by atoms with E-state index in [2.05, 4.69) is 0 Å². The van der Waals surface area contributed by atoms with Crippen LogP contribution >= 0.6 is 0 Å². The normalized spacial score (nSPS) is 10.1. The number of phenolic OH excluding ortho intramolecular Hbond substituents is 1. The lowest BCUT2D eigenvalue weighted by atomic mass is 10.2. The van der Waals surface area contributed by atoms with Crippen LogP contribution in [0, 0.1) is 5.82 Å². The average molecular weight is 218 g/mol. The molecular weight excluding hydrogens is 207 g/mol. The second kappa shape index (κ2) is 4.66. The van der Waals surface area contributed by atoms with E-state index in [1.807, 2.05) is 30.3 Å². The van der Waals surface area contributed by atoms with E-state index in [0.717, 1.165) is 5.56 Å². The number of phenols is 1. The summed E-state index contributed by atoms with van der Waals surface area (Å²) in [5.41, 5.74) is 0.949. The molecule has 2 aromatic rings. The molecular formula is C13H11FO2. The molecule has 3 heteroatoms. The van der Waals surface area contributed by atoms with E-state index in [1.165, 1.54) is 18.2 Å². The van der Waals surface area contributed by atoms with E-state index in [-0.39, 0.29) is 18.1 Å². The summed E-state index contributed by atoms with van der Waals surface area (Å²) in [5, 5.41) is 9.19. The maximum atomic E-state index is 13.2. The molecule has 0 saturated carbocycles. The average Bonchev–Trinajstić information content (AvgIpc) is 2.32. The lowest BCUT2D eigenvalue weighted by molar-refractivity contribution is 0.288. The van der Waals surface area contributed by atoms with Crippen LogP contribution in [0.15, 0.2) is 48.5 Å². The number of aromatic hydroxyl groups is 1. The monoisotopic (exact) mass is 218 g/mol. The first-order valence-corrected chi connectivity index (χ1v) is 4.91. The minimum Gasteiger partial charge on any atom is -0.508 e. The van der Waals surface area contributed by atoms with Gasteiger partial charge in [0.25, 0.3) is 0 Å². The van der Waals surface area contributed by atoms with Gasteiger partial charge in [-0.2, -0.15) is 0 Å². The predicted molar refractivity (Wildman–Crippen MR) is 58.8 cm³/mol. The Hall–Kier alpha value is -2.03. The van der Waals surface area contributed by atoms with Gasteiger partial charge in [0.2, 0.25) is 0 Å². The fourth-order valence-electron chi connectivity index (χ4n) is 1.34. The molecule has 2 nitrogen and oxygen atoms in total. The zero-order valence-electron chi connectivity index (χ0n) is 8.56. The molecule has 0 aliphatic rings. The maximum Gasteiger partial charge on any atom is 0.165 e. The fourth-order valence-corrected chi connectivity index (χ4v) is 1.34. The van der Waals surface area contributed by atoms with E-state index in [1.54, 1.807) is 0 Å².